The minimum Gasteiger partial charge on any atom is -0.383 e. The zero-order valence-corrected chi connectivity index (χ0v) is 14.8. The number of benzene rings is 1. The van der Waals surface area contributed by atoms with Gasteiger partial charge in [-0.05, 0) is 44.0 Å². The smallest absolute Gasteiger partial charge is 0.274 e. The molecular weight excluding hydrogens is 328 g/mol. The predicted octanol–water partition coefficient (Wildman–Crippen LogP) is 2.14. The van der Waals surface area contributed by atoms with Crippen LogP contribution in [-0.2, 0) is 4.79 Å². The first kappa shape index (κ1) is 17.9. The van der Waals surface area contributed by atoms with Gasteiger partial charge in [0.1, 0.15) is 11.5 Å². The summed E-state index contributed by atoms with van der Waals surface area (Å²) in [4.78, 5) is 16.7. The standard InChI is InChI=1S/C19H24N6O/c1-12-10-23-18(21)15(17(12)24-14-8-5-9-22-11-14)16(20)19(26)25-13-6-3-2-4-7-13/h2-4,6-7,10,14,20,22H,5,8-9,11H2,1H3,(H,25,26)(H3,21,23,24). The molecule has 2 heterocycles. The van der Waals surface area contributed by atoms with E-state index >= 15 is 0 Å². The van der Waals surface area contributed by atoms with Crippen LogP contribution in [0.15, 0.2) is 36.5 Å². The number of hydrogen-bond donors (Lipinski definition) is 5. The molecule has 26 heavy (non-hydrogen) atoms. The summed E-state index contributed by atoms with van der Waals surface area (Å²) in [5.41, 5.74) is 8.39. The zero-order valence-electron chi connectivity index (χ0n) is 14.8. The fourth-order valence-corrected chi connectivity index (χ4v) is 3.07. The number of nitrogen functional groups attached to an aromatic ring is 1. The molecule has 136 valence electrons. The topological polar surface area (TPSA) is 116 Å². The number of aromatic nitrogens is 1. The first-order valence-electron chi connectivity index (χ1n) is 8.74. The predicted molar refractivity (Wildman–Crippen MR) is 105 cm³/mol. The van der Waals surface area contributed by atoms with E-state index in [-0.39, 0.29) is 17.6 Å². The number of hydrogen-bond acceptors (Lipinski definition) is 6. The van der Waals surface area contributed by atoms with Gasteiger partial charge in [0.2, 0.25) is 0 Å². The molecule has 0 saturated carbocycles. The molecule has 1 amide bonds. The van der Waals surface area contributed by atoms with Crippen LogP contribution in [0.5, 0.6) is 0 Å². The molecule has 0 spiro atoms. The van der Waals surface area contributed by atoms with E-state index in [2.05, 4.69) is 20.9 Å². The van der Waals surface area contributed by atoms with E-state index in [1.54, 1.807) is 18.3 Å². The highest BCUT2D eigenvalue weighted by atomic mass is 16.1. The first-order valence-corrected chi connectivity index (χ1v) is 8.74. The van der Waals surface area contributed by atoms with E-state index in [1.807, 2.05) is 25.1 Å². The molecule has 7 heteroatoms. The molecule has 1 aromatic carbocycles. The van der Waals surface area contributed by atoms with Crippen molar-refractivity contribution in [3.05, 3.63) is 47.7 Å². The van der Waals surface area contributed by atoms with Crippen LogP contribution in [0.4, 0.5) is 17.2 Å². The Kier molecular flexibility index (Phi) is 5.48. The Morgan fingerprint density at radius 3 is 2.81 bits per heavy atom. The van der Waals surface area contributed by atoms with Crippen molar-refractivity contribution in [2.24, 2.45) is 0 Å². The zero-order chi connectivity index (χ0) is 18.5. The molecule has 0 bridgehead atoms. The molecule has 0 aliphatic carbocycles. The van der Waals surface area contributed by atoms with Gasteiger partial charge in [0, 0.05) is 24.5 Å². The number of amides is 1. The molecule has 1 aliphatic rings. The molecule has 6 N–H and O–H groups in total. The molecule has 1 unspecified atom stereocenters. The fourth-order valence-electron chi connectivity index (χ4n) is 3.07. The van der Waals surface area contributed by atoms with Gasteiger partial charge in [-0.15, -0.1) is 0 Å². The van der Waals surface area contributed by atoms with Gasteiger partial charge in [-0.3, -0.25) is 10.2 Å². The van der Waals surface area contributed by atoms with Crippen molar-refractivity contribution in [1.82, 2.24) is 10.3 Å². The monoisotopic (exact) mass is 352 g/mol. The lowest BCUT2D eigenvalue weighted by molar-refractivity contribution is -0.110. The average molecular weight is 352 g/mol. The van der Waals surface area contributed by atoms with Gasteiger partial charge in [-0.1, -0.05) is 18.2 Å². The number of nitrogens with two attached hydrogens (primary N) is 1. The van der Waals surface area contributed by atoms with Crippen LogP contribution in [0, 0.1) is 12.3 Å². The molecule has 7 nitrogen and oxygen atoms in total. The second-order valence-corrected chi connectivity index (χ2v) is 6.46. The molecule has 1 fully saturated rings. The maximum Gasteiger partial charge on any atom is 0.274 e. The molecule has 2 aromatic rings. The number of carbonyl (C=O) groups excluding carboxylic acids is 1. The van der Waals surface area contributed by atoms with E-state index in [9.17, 15) is 4.79 Å². The number of nitrogens with zero attached hydrogens (tertiary/aromatic N) is 1. The van der Waals surface area contributed by atoms with Crippen LogP contribution < -0.4 is 21.7 Å². The molecule has 1 aliphatic heterocycles. The summed E-state index contributed by atoms with van der Waals surface area (Å²) in [7, 11) is 0. The lowest BCUT2D eigenvalue weighted by Crippen LogP contribution is -2.39. The average Bonchev–Trinajstić information content (AvgIpc) is 2.66. The summed E-state index contributed by atoms with van der Waals surface area (Å²) in [6.45, 7) is 3.75. The summed E-state index contributed by atoms with van der Waals surface area (Å²) >= 11 is 0. The van der Waals surface area contributed by atoms with Crippen molar-refractivity contribution in [3.8, 4) is 0 Å². The van der Waals surface area contributed by atoms with E-state index in [0.717, 1.165) is 31.5 Å². The van der Waals surface area contributed by atoms with Gasteiger partial charge in [-0.25, -0.2) is 4.98 Å². The van der Waals surface area contributed by atoms with Gasteiger partial charge in [0.05, 0.1) is 11.3 Å². The molecule has 1 aromatic heterocycles. The van der Waals surface area contributed by atoms with Gasteiger partial charge < -0.3 is 21.7 Å². The number of pyridine rings is 1. The maximum absolute atomic E-state index is 12.6. The van der Waals surface area contributed by atoms with Crippen LogP contribution in [0.25, 0.3) is 0 Å². The number of aryl methyl sites for hydroxylation is 1. The Morgan fingerprint density at radius 1 is 1.35 bits per heavy atom. The van der Waals surface area contributed by atoms with Gasteiger partial charge in [-0.2, -0.15) is 0 Å². The van der Waals surface area contributed by atoms with Crippen molar-refractivity contribution >= 4 is 28.8 Å². The lowest BCUT2D eigenvalue weighted by atomic mass is 10.0. The Morgan fingerprint density at radius 2 is 2.12 bits per heavy atom. The lowest BCUT2D eigenvalue weighted by Gasteiger charge is -2.27. The summed E-state index contributed by atoms with van der Waals surface area (Å²) in [6, 6.07) is 9.29. The van der Waals surface area contributed by atoms with Gasteiger partial charge in [0.25, 0.3) is 5.91 Å². The van der Waals surface area contributed by atoms with Crippen LogP contribution in [0.3, 0.4) is 0 Å². The van der Waals surface area contributed by atoms with Crippen LogP contribution in [0.2, 0.25) is 0 Å². The number of nitrogens with one attached hydrogen (secondary N) is 4. The van der Waals surface area contributed by atoms with E-state index < -0.39 is 5.91 Å². The van der Waals surface area contributed by atoms with Crippen molar-refractivity contribution in [2.45, 2.75) is 25.8 Å². The summed E-state index contributed by atoms with van der Waals surface area (Å²) in [5, 5.41) is 17.9. The largest absolute Gasteiger partial charge is 0.383 e. The summed E-state index contributed by atoms with van der Waals surface area (Å²) < 4.78 is 0. The van der Waals surface area contributed by atoms with Crippen molar-refractivity contribution in [2.75, 3.05) is 29.5 Å². The number of carbonyl (C=O) groups is 1. The maximum atomic E-state index is 12.6. The second-order valence-electron chi connectivity index (χ2n) is 6.46. The van der Waals surface area contributed by atoms with E-state index in [4.69, 9.17) is 11.1 Å². The van der Waals surface area contributed by atoms with Crippen molar-refractivity contribution in [3.63, 3.8) is 0 Å². The molecule has 3 rings (SSSR count). The highest BCUT2D eigenvalue weighted by molar-refractivity contribution is 6.49. The second kappa shape index (κ2) is 7.97. The molecule has 1 saturated heterocycles. The minimum atomic E-state index is -0.514. The summed E-state index contributed by atoms with van der Waals surface area (Å²) in [5.74, 6) is -0.338. The number of para-hydroxylation sites is 1. The highest BCUT2D eigenvalue weighted by Gasteiger charge is 2.23. The van der Waals surface area contributed by atoms with Crippen LogP contribution >= 0.6 is 0 Å². The van der Waals surface area contributed by atoms with Crippen molar-refractivity contribution < 1.29 is 4.79 Å². The van der Waals surface area contributed by atoms with E-state index in [0.29, 0.717) is 16.9 Å². The Labute approximate surface area is 152 Å². The molecule has 0 radical (unpaired) electrons. The third-order valence-electron chi connectivity index (χ3n) is 4.45. The Balaban J connectivity index is 1.86. The van der Waals surface area contributed by atoms with Crippen LogP contribution in [-0.4, -0.2) is 35.7 Å². The molecular formula is C19H24N6O. The molecule has 1 atom stereocenters. The SMILES string of the molecule is Cc1cnc(N)c(C(=N)C(=O)Nc2ccccc2)c1NC1CCCNC1. The van der Waals surface area contributed by atoms with E-state index in [1.165, 1.54) is 0 Å². The highest BCUT2D eigenvalue weighted by Crippen LogP contribution is 2.27. The Bertz CT molecular complexity index is 799. The summed E-state index contributed by atoms with van der Waals surface area (Å²) in [6.07, 6.45) is 3.77. The van der Waals surface area contributed by atoms with Crippen LogP contribution in [0.1, 0.15) is 24.0 Å². The Hall–Kier alpha value is -2.93. The quantitative estimate of drug-likeness (QED) is 0.529. The minimum absolute atomic E-state index is 0.176. The third kappa shape index (κ3) is 4.00. The number of piperidine rings is 1. The first-order chi connectivity index (χ1) is 12.6. The van der Waals surface area contributed by atoms with Gasteiger partial charge in [0.15, 0.2) is 0 Å². The fraction of sp³-hybridized carbons (Fsp3) is 0.316. The normalized spacial score (nSPS) is 16.7. The number of rotatable bonds is 5. The van der Waals surface area contributed by atoms with Crippen molar-refractivity contribution in [1.29, 1.82) is 5.41 Å². The number of anilines is 3. The van der Waals surface area contributed by atoms with Gasteiger partial charge >= 0.3 is 0 Å². The third-order valence-corrected chi connectivity index (χ3v) is 4.45.